The van der Waals surface area contributed by atoms with Crippen molar-refractivity contribution < 1.29 is 17.9 Å². The van der Waals surface area contributed by atoms with Gasteiger partial charge in [0.25, 0.3) is 10.0 Å². The first-order chi connectivity index (χ1) is 10.6. The molecule has 0 saturated heterocycles. The Hall–Kier alpha value is -2.21. The molecule has 0 aromatic heterocycles. The van der Waals surface area contributed by atoms with E-state index in [2.05, 4.69) is 0 Å². The first-order valence-electron chi connectivity index (χ1n) is 7.03. The summed E-state index contributed by atoms with van der Waals surface area (Å²) in [6.45, 7) is 1.09. The smallest absolute Gasteiger partial charge is 0.264 e. The topological polar surface area (TPSA) is 55.8 Å². The molecule has 0 atom stereocenters. The van der Waals surface area contributed by atoms with Crippen molar-refractivity contribution in [3.05, 3.63) is 48.5 Å². The molecule has 3 rings (SSSR count). The molecule has 0 spiro atoms. The second-order valence-corrected chi connectivity index (χ2v) is 6.94. The SMILES string of the molecule is CN(c1ccccc1)S(=O)(=O)c1ccc2c(c1)OCCCO2. The van der Waals surface area contributed by atoms with Crippen molar-refractivity contribution in [3.63, 3.8) is 0 Å². The fourth-order valence-electron chi connectivity index (χ4n) is 2.24. The van der Waals surface area contributed by atoms with E-state index in [1.54, 1.807) is 36.4 Å². The molecule has 0 bridgehead atoms. The van der Waals surface area contributed by atoms with Gasteiger partial charge in [0.2, 0.25) is 0 Å². The normalized spacial score (nSPS) is 14.2. The predicted octanol–water partition coefficient (Wildman–Crippen LogP) is 2.67. The molecule has 1 aliphatic rings. The van der Waals surface area contributed by atoms with Crippen LogP contribution in [0.25, 0.3) is 0 Å². The summed E-state index contributed by atoms with van der Waals surface area (Å²) in [6.07, 6.45) is 0.778. The van der Waals surface area contributed by atoms with Crippen LogP contribution in [0, 0.1) is 0 Å². The summed E-state index contributed by atoms with van der Waals surface area (Å²) in [5.74, 6) is 1.05. The molecule has 0 N–H and O–H groups in total. The zero-order chi connectivity index (χ0) is 15.6. The van der Waals surface area contributed by atoms with Gasteiger partial charge < -0.3 is 9.47 Å². The van der Waals surface area contributed by atoms with E-state index in [9.17, 15) is 8.42 Å². The van der Waals surface area contributed by atoms with Gasteiger partial charge in [-0.25, -0.2) is 8.42 Å². The lowest BCUT2D eigenvalue weighted by molar-refractivity contribution is 0.297. The molecular formula is C16H17NO4S. The first kappa shape index (κ1) is 14.7. The van der Waals surface area contributed by atoms with Crippen LogP contribution in [0.4, 0.5) is 5.69 Å². The Bertz CT molecular complexity index is 759. The van der Waals surface area contributed by atoms with E-state index in [0.29, 0.717) is 30.4 Å². The molecule has 2 aromatic carbocycles. The summed E-state index contributed by atoms with van der Waals surface area (Å²) in [4.78, 5) is 0.183. The molecule has 0 aliphatic carbocycles. The number of ether oxygens (including phenoxy) is 2. The molecule has 0 radical (unpaired) electrons. The van der Waals surface area contributed by atoms with Crippen molar-refractivity contribution >= 4 is 15.7 Å². The van der Waals surface area contributed by atoms with Gasteiger partial charge in [-0.1, -0.05) is 18.2 Å². The zero-order valence-electron chi connectivity index (χ0n) is 12.2. The van der Waals surface area contributed by atoms with E-state index in [4.69, 9.17) is 9.47 Å². The highest BCUT2D eigenvalue weighted by atomic mass is 32.2. The molecule has 2 aromatic rings. The maximum atomic E-state index is 12.7. The Kier molecular flexibility index (Phi) is 3.94. The van der Waals surface area contributed by atoms with Gasteiger partial charge in [-0.2, -0.15) is 0 Å². The molecule has 6 heteroatoms. The van der Waals surface area contributed by atoms with Crippen LogP contribution in [-0.2, 0) is 10.0 Å². The van der Waals surface area contributed by atoms with E-state index >= 15 is 0 Å². The molecule has 0 saturated carbocycles. The number of hydrogen-bond acceptors (Lipinski definition) is 4. The highest BCUT2D eigenvalue weighted by molar-refractivity contribution is 7.92. The Morgan fingerprint density at radius 2 is 1.64 bits per heavy atom. The van der Waals surface area contributed by atoms with Crippen LogP contribution < -0.4 is 13.8 Å². The first-order valence-corrected chi connectivity index (χ1v) is 8.47. The Balaban J connectivity index is 1.97. The molecule has 0 amide bonds. The summed E-state index contributed by atoms with van der Waals surface area (Å²) >= 11 is 0. The van der Waals surface area contributed by atoms with E-state index < -0.39 is 10.0 Å². The van der Waals surface area contributed by atoms with Gasteiger partial charge in [-0.05, 0) is 24.3 Å². The third kappa shape index (κ3) is 2.74. The number of benzene rings is 2. The Morgan fingerprint density at radius 1 is 0.955 bits per heavy atom. The maximum Gasteiger partial charge on any atom is 0.264 e. The standard InChI is InChI=1S/C16H17NO4S/c1-17(13-6-3-2-4-7-13)22(18,19)14-8-9-15-16(12-14)21-11-5-10-20-15/h2-4,6-9,12H,5,10-11H2,1H3. The second-order valence-electron chi connectivity index (χ2n) is 4.97. The number of hydrogen-bond donors (Lipinski definition) is 0. The summed E-state index contributed by atoms with van der Waals surface area (Å²) in [6, 6.07) is 13.7. The van der Waals surface area contributed by atoms with Crippen molar-refractivity contribution in [2.75, 3.05) is 24.6 Å². The summed E-state index contributed by atoms with van der Waals surface area (Å²) < 4.78 is 37.8. The molecular weight excluding hydrogens is 302 g/mol. The van der Waals surface area contributed by atoms with Crippen LogP contribution in [0.3, 0.4) is 0 Å². The fourth-order valence-corrected chi connectivity index (χ4v) is 3.45. The number of anilines is 1. The largest absolute Gasteiger partial charge is 0.490 e. The van der Waals surface area contributed by atoms with Crippen molar-refractivity contribution in [2.24, 2.45) is 0 Å². The van der Waals surface area contributed by atoms with E-state index in [-0.39, 0.29) is 4.90 Å². The number of rotatable bonds is 3. The fraction of sp³-hybridized carbons (Fsp3) is 0.250. The number of sulfonamides is 1. The number of nitrogens with zero attached hydrogens (tertiary/aromatic N) is 1. The van der Waals surface area contributed by atoms with Crippen LogP contribution in [0.5, 0.6) is 11.5 Å². The number of fused-ring (bicyclic) bond motifs is 1. The van der Waals surface area contributed by atoms with Crippen LogP contribution in [0.15, 0.2) is 53.4 Å². The third-order valence-electron chi connectivity index (χ3n) is 3.50. The monoisotopic (exact) mass is 319 g/mol. The Labute approximate surface area is 130 Å². The average Bonchev–Trinajstić information content (AvgIpc) is 2.79. The molecule has 5 nitrogen and oxygen atoms in total. The van der Waals surface area contributed by atoms with Crippen molar-refractivity contribution in [2.45, 2.75) is 11.3 Å². The minimum Gasteiger partial charge on any atom is -0.490 e. The lowest BCUT2D eigenvalue weighted by atomic mass is 10.3. The summed E-state index contributed by atoms with van der Waals surface area (Å²) in [7, 11) is -2.10. The average molecular weight is 319 g/mol. The number of para-hydroxylation sites is 1. The molecule has 0 fully saturated rings. The summed E-state index contributed by atoms with van der Waals surface area (Å²) in [5.41, 5.74) is 0.606. The lowest BCUT2D eigenvalue weighted by Crippen LogP contribution is -2.26. The van der Waals surface area contributed by atoms with Crippen molar-refractivity contribution in [1.29, 1.82) is 0 Å². The van der Waals surface area contributed by atoms with Gasteiger partial charge in [-0.15, -0.1) is 0 Å². The molecule has 0 unspecified atom stereocenters. The molecule has 1 aliphatic heterocycles. The maximum absolute atomic E-state index is 12.7. The zero-order valence-corrected chi connectivity index (χ0v) is 13.0. The molecule has 116 valence electrons. The highest BCUT2D eigenvalue weighted by Crippen LogP contribution is 2.33. The van der Waals surface area contributed by atoms with Crippen LogP contribution in [-0.4, -0.2) is 28.7 Å². The lowest BCUT2D eigenvalue weighted by Gasteiger charge is -2.20. The minimum absolute atomic E-state index is 0.183. The van der Waals surface area contributed by atoms with Gasteiger partial charge in [0.15, 0.2) is 11.5 Å². The quantitative estimate of drug-likeness (QED) is 0.873. The van der Waals surface area contributed by atoms with Crippen LogP contribution in [0.1, 0.15) is 6.42 Å². The van der Waals surface area contributed by atoms with E-state index in [1.165, 1.54) is 17.4 Å². The molecule has 22 heavy (non-hydrogen) atoms. The predicted molar refractivity (Wildman–Crippen MR) is 84.1 cm³/mol. The van der Waals surface area contributed by atoms with E-state index in [1.807, 2.05) is 6.07 Å². The van der Waals surface area contributed by atoms with Gasteiger partial charge >= 0.3 is 0 Å². The molecule has 1 heterocycles. The van der Waals surface area contributed by atoms with Gasteiger partial charge in [0.1, 0.15) is 0 Å². The minimum atomic E-state index is -3.64. The second kappa shape index (κ2) is 5.88. The third-order valence-corrected chi connectivity index (χ3v) is 5.28. The van der Waals surface area contributed by atoms with Gasteiger partial charge in [0, 0.05) is 19.5 Å². The highest BCUT2D eigenvalue weighted by Gasteiger charge is 2.23. The van der Waals surface area contributed by atoms with Crippen molar-refractivity contribution in [3.8, 4) is 11.5 Å². The van der Waals surface area contributed by atoms with Crippen molar-refractivity contribution in [1.82, 2.24) is 0 Å². The van der Waals surface area contributed by atoms with Gasteiger partial charge in [0.05, 0.1) is 23.8 Å². The van der Waals surface area contributed by atoms with Crippen LogP contribution >= 0.6 is 0 Å². The van der Waals surface area contributed by atoms with Crippen LogP contribution in [0.2, 0.25) is 0 Å². The van der Waals surface area contributed by atoms with E-state index in [0.717, 1.165) is 6.42 Å². The summed E-state index contributed by atoms with van der Waals surface area (Å²) in [5, 5.41) is 0. The Morgan fingerprint density at radius 3 is 2.36 bits per heavy atom. The van der Waals surface area contributed by atoms with Gasteiger partial charge in [-0.3, -0.25) is 4.31 Å².